The SMILES string of the molecule is COC(=O)[C@@]12COC[C@@H]1CN(c1nccc3ncccc13)C2. The first-order valence-corrected chi connectivity index (χ1v) is 7.35. The summed E-state index contributed by atoms with van der Waals surface area (Å²) in [5.74, 6) is 0.841. The van der Waals surface area contributed by atoms with Crippen molar-refractivity contribution >= 4 is 22.7 Å². The molecule has 0 aromatic carbocycles. The molecule has 22 heavy (non-hydrogen) atoms. The molecule has 4 heterocycles. The van der Waals surface area contributed by atoms with Crippen molar-refractivity contribution in [3.63, 3.8) is 0 Å². The van der Waals surface area contributed by atoms with E-state index in [9.17, 15) is 4.79 Å². The van der Waals surface area contributed by atoms with Gasteiger partial charge >= 0.3 is 5.97 Å². The second kappa shape index (κ2) is 4.91. The van der Waals surface area contributed by atoms with Gasteiger partial charge in [-0.1, -0.05) is 0 Å². The molecule has 0 unspecified atom stereocenters. The topological polar surface area (TPSA) is 64.6 Å². The average molecular weight is 299 g/mol. The predicted octanol–water partition coefficient (Wildman–Crippen LogP) is 1.26. The Morgan fingerprint density at radius 3 is 3.18 bits per heavy atom. The van der Waals surface area contributed by atoms with Gasteiger partial charge in [-0.25, -0.2) is 4.98 Å². The van der Waals surface area contributed by atoms with Crippen molar-refractivity contribution < 1.29 is 14.3 Å². The summed E-state index contributed by atoms with van der Waals surface area (Å²) >= 11 is 0. The van der Waals surface area contributed by atoms with Crippen LogP contribution in [-0.2, 0) is 14.3 Å². The van der Waals surface area contributed by atoms with Crippen LogP contribution in [0.25, 0.3) is 10.9 Å². The molecule has 0 amide bonds. The smallest absolute Gasteiger partial charge is 0.316 e. The number of nitrogens with zero attached hydrogens (tertiary/aromatic N) is 3. The lowest BCUT2D eigenvalue weighted by Crippen LogP contribution is -2.40. The summed E-state index contributed by atoms with van der Waals surface area (Å²) in [4.78, 5) is 23.4. The van der Waals surface area contributed by atoms with E-state index in [-0.39, 0.29) is 11.9 Å². The largest absolute Gasteiger partial charge is 0.468 e. The second-order valence-corrected chi connectivity index (χ2v) is 5.94. The van der Waals surface area contributed by atoms with Gasteiger partial charge in [0, 0.05) is 36.8 Å². The lowest BCUT2D eigenvalue weighted by molar-refractivity contribution is -0.152. The predicted molar refractivity (Wildman–Crippen MR) is 80.5 cm³/mol. The maximum atomic E-state index is 12.3. The molecule has 2 saturated heterocycles. The second-order valence-electron chi connectivity index (χ2n) is 5.94. The first-order valence-electron chi connectivity index (χ1n) is 7.35. The molecule has 2 aromatic heterocycles. The quantitative estimate of drug-likeness (QED) is 0.778. The van der Waals surface area contributed by atoms with Crippen LogP contribution in [-0.4, -0.2) is 49.4 Å². The van der Waals surface area contributed by atoms with E-state index in [4.69, 9.17) is 9.47 Å². The maximum absolute atomic E-state index is 12.3. The van der Waals surface area contributed by atoms with Crippen LogP contribution in [0.3, 0.4) is 0 Å². The highest BCUT2D eigenvalue weighted by molar-refractivity contribution is 5.90. The summed E-state index contributed by atoms with van der Waals surface area (Å²) in [5.41, 5.74) is 0.341. The number of carbonyl (C=O) groups is 1. The number of anilines is 1. The molecule has 0 aliphatic carbocycles. The number of fused-ring (bicyclic) bond motifs is 2. The van der Waals surface area contributed by atoms with Crippen LogP contribution in [0.15, 0.2) is 30.6 Å². The van der Waals surface area contributed by atoms with Gasteiger partial charge in [-0.2, -0.15) is 0 Å². The van der Waals surface area contributed by atoms with Gasteiger partial charge in [0.2, 0.25) is 0 Å². The van der Waals surface area contributed by atoms with Gasteiger partial charge in [0.25, 0.3) is 0 Å². The molecule has 2 fully saturated rings. The number of methoxy groups -OCH3 is 1. The molecule has 114 valence electrons. The van der Waals surface area contributed by atoms with E-state index in [2.05, 4.69) is 14.9 Å². The summed E-state index contributed by atoms with van der Waals surface area (Å²) in [6.07, 6.45) is 3.54. The van der Waals surface area contributed by atoms with Crippen molar-refractivity contribution in [1.82, 2.24) is 9.97 Å². The van der Waals surface area contributed by atoms with E-state index in [0.717, 1.165) is 23.3 Å². The van der Waals surface area contributed by atoms with Crippen LogP contribution in [0.5, 0.6) is 0 Å². The Kier molecular flexibility index (Phi) is 3.00. The molecular weight excluding hydrogens is 282 g/mol. The number of esters is 1. The zero-order valence-electron chi connectivity index (χ0n) is 12.4. The highest BCUT2D eigenvalue weighted by Gasteiger charge is 2.57. The van der Waals surface area contributed by atoms with Gasteiger partial charge in [0.15, 0.2) is 0 Å². The molecule has 2 aliphatic rings. The van der Waals surface area contributed by atoms with Crippen molar-refractivity contribution in [2.75, 3.05) is 38.3 Å². The van der Waals surface area contributed by atoms with Crippen molar-refractivity contribution in [1.29, 1.82) is 0 Å². The standard InChI is InChI=1S/C16H17N3O3/c1-21-15(20)16-9-19(7-11(16)8-22-10-16)14-12-3-2-5-17-13(12)4-6-18-14/h2-6,11H,7-10H2,1H3/t11-,16-/m0/s1. The molecule has 0 radical (unpaired) electrons. The van der Waals surface area contributed by atoms with Crippen molar-refractivity contribution in [2.24, 2.45) is 11.3 Å². The summed E-state index contributed by atoms with van der Waals surface area (Å²) in [7, 11) is 1.44. The number of hydrogen-bond donors (Lipinski definition) is 0. The number of ether oxygens (including phenoxy) is 2. The Balaban J connectivity index is 1.74. The van der Waals surface area contributed by atoms with Gasteiger partial charge in [-0.15, -0.1) is 0 Å². The van der Waals surface area contributed by atoms with E-state index >= 15 is 0 Å². The summed E-state index contributed by atoms with van der Waals surface area (Å²) in [5, 5.41) is 1.01. The molecule has 2 aromatic rings. The van der Waals surface area contributed by atoms with E-state index < -0.39 is 5.41 Å². The van der Waals surface area contributed by atoms with Crippen LogP contribution in [0.2, 0.25) is 0 Å². The number of hydrogen-bond acceptors (Lipinski definition) is 6. The van der Waals surface area contributed by atoms with E-state index in [0.29, 0.717) is 19.8 Å². The Bertz CT molecular complexity index is 730. The fourth-order valence-corrected chi connectivity index (χ4v) is 3.63. The van der Waals surface area contributed by atoms with Gasteiger partial charge in [-0.3, -0.25) is 9.78 Å². The van der Waals surface area contributed by atoms with E-state index in [1.165, 1.54) is 7.11 Å². The molecule has 2 atom stereocenters. The number of aromatic nitrogens is 2. The highest BCUT2D eigenvalue weighted by atomic mass is 16.5. The van der Waals surface area contributed by atoms with Gasteiger partial charge in [-0.05, 0) is 18.2 Å². The first-order chi connectivity index (χ1) is 10.7. The Morgan fingerprint density at radius 2 is 2.32 bits per heavy atom. The zero-order valence-corrected chi connectivity index (χ0v) is 12.4. The third-order valence-corrected chi connectivity index (χ3v) is 4.77. The molecule has 0 spiro atoms. The molecule has 4 rings (SSSR count). The van der Waals surface area contributed by atoms with E-state index in [1.807, 2.05) is 18.2 Å². The molecular formula is C16H17N3O3. The third kappa shape index (κ3) is 1.80. The summed E-state index contributed by atoms with van der Waals surface area (Å²) in [6, 6.07) is 5.82. The lowest BCUT2D eigenvalue weighted by Gasteiger charge is -2.24. The number of rotatable bonds is 2. The molecule has 6 heteroatoms. The van der Waals surface area contributed by atoms with E-state index in [1.54, 1.807) is 12.4 Å². The zero-order chi connectivity index (χ0) is 15.2. The molecule has 0 saturated carbocycles. The molecule has 6 nitrogen and oxygen atoms in total. The van der Waals surface area contributed by atoms with Crippen molar-refractivity contribution in [3.05, 3.63) is 30.6 Å². The van der Waals surface area contributed by atoms with Crippen LogP contribution in [0.1, 0.15) is 0 Å². The van der Waals surface area contributed by atoms with Crippen molar-refractivity contribution in [2.45, 2.75) is 0 Å². The Hall–Kier alpha value is -2.21. The Labute approximate surface area is 128 Å². The maximum Gasteiger partial charge on any atom is 0.316 e. The third-order valence-electron chi connectivity index (χ3n) is 4.77. The lowest BCUT2D eigenvalue weighted by atomic mass is 9.81. The first kappa shape index (κ1) is 13.5. The summed E-state index contributed by atoms with van der Waals surface area (Å²) < 4.78 is 10.6. The van der Waals surface area contributed by atoms with Crippen LogP contribution in [0.4, 0.5) is 5.82 Å². The molecule has 0 N–H and O–H groups in total. The van der Waals surface area contributed by atoms with Crippen LogP contribution in [0, 0.1) is 11.3 Å². The highest BCUT2D eigenvalue weighted by Crippen LogP contribution is 2.44. The van der Waals surface area contributed by atoms with Crippen LogP contribution >= 0.6 is 0 Å². The van der Waals surface area contributed by atoms with Gasteiger partial charge in [0.05, 0.1) is 25.8 Å². The van der Waals surface area contributed by atoms with Crippen LogP contribution < -0.4 is 4.90 Å². The van der Waals surface area contributed by atoms with Gasteiger partial charge in [0.1, 0.15) is 11.2 Å². The molecule has 0 bridgehead atoms. The number of carbonyl (C=O) groups excluding carboxylic acids is 1. The fraction of sp³-hybridized carbons (Fsp3) is 0.438. The summed E-state index contributed by atoms with van der Waals surface area (Å²) in [6.45, 7) is 2.33. The number of pyridine rings is 2. The van der Waals surface area contributed by atoms with Gasteiger partial charge < -0.3 is 14.4 Å². The fourth-order valence-electron chi connectivity index (χ4n) is 3.63. The molecule has 2 aliphatic heterocycles. The van der Waals surface area contributed by atoms with Crippen molar-refractivity contribution in [3.8, 4) is 0 Å². The minimum atomic E-state index is -0.569. The average Bonchev–Trinajstić information content (AvgIpc) is 3.11. The Morgan fingerprint density at radius 1 is 1.41 bits per heavy atom. The minimum absolute atomic E-state index is 0.147. The minimum Gasteiger partial charge on any atom is -0.468 e. The normalized spacial score (nSPS) is 27.1. The monoisotopic (exact) mass is 299 g/mol.